The van der Waals surface area contributed by atoms with Crippen molar-refractivity contribution < 1.29 is 27.9 Å². The molecule has 1 unspecified atom stereocenters. The first-order chi connectivity index (χ1) is 9.38. The van der Waals surface area contributed by atoms with Crippen LogP contribution in [0.1, 0.15) is 5.56 Å². The molecule has 0 spiro atoms. The molecule has 1 atom stereocenters. The minimum absolute atomic E-state index is 0.250. The van der Waals surface area contributed by atoms with Crippen molar-refractivity contribution in [3.63, 3.8) is 0 Å². The Bertz CT molecular complexity index is 464. The highest BCUT2D eigenvalue weighted by Crippen LogP contribution is 2.27. The van der Waals surface area contributed by atoms with E-state index in [4.69, 9.17) is 20.4 Å². The van der Waals surface area contributed by atoms with Gasteiger partial charge in [0, 0.05) is 7.11 Å². The highest BCUT2D eigenvalue weighted by Gasteiger charge is 2.43. The maximum Gasteiger partial charge on any atom is 0.402 e. The summed E-state index contributed by atoms with van der Waals surface area (Å²) in [5, 5.41) is 10.8. The third kappa shape index (κ3) is 4.61. The van der Waals surface area contributed by atoms with Crippen molar-refractivity contribution in [2.24, 2.45) is 16.8 Å². The van der Waals surface area contributed by atoms with Crippen molar-refractivity contribution in [3.8, 4) is 5.75 Å². The van der Waals surface area contributed by atoms with Gasteiger partial charge < -0.3 is 20.4 Å². The molecule has 0 fully saturated rings. The van der Waals surface area contributed by atoms with Crippen molar-refractivity contribution in [1.29, 1.82) is 0 Å². The number of ether oxygens (including phenoxy) is 2. The molecular formula is C12H15F3N2O3. The van der Waals surface area contributed by atoms with Crippen LogP contribution in [0.4, 0.5) is 13.2 Å². The monoisotopic (exact) mass is 292 g/mol. The van der Waals surface area contributed by atoms with Gasteiger partial charge in [-0.25, -0.2) is 0 Å². The van der Waals surface area contributed by atoms with Crippen LogP contribution in [0.5, 0.6) is 5.75 Å². The average Bonchev–Trinajstić information content (AvgIpc) is 2.38. The van der Waals surface area contributed by atoms with Gasteiger partial charge in [0.1, 0.15) is 18.3 Å². The van der Waals surface area contributed by atoms with Crippen LogP contribution in [-0.4, -0.2) is 30.9 Å². The fourth-order valence-corrected chi connectivity index (χ4v) is 1.49. The van der Waals surface area contributed by atoms with E-state index in [0.29, 0.717) is 6.61 Å². The fourth-order valence-electron chi connectivity index (χ4n) is 1.49. The van der Waals surface area contributed by atoms with Gasteiger partial charge >= 0.3 is 6.18 Å². The summed E-state index contributed by atoms with van der Waals surface area (Å²) in [5.74, 6) is -2.86. The Labute approximate surface area is 113 Å². The van der Waals surface area contributed by atoms with Gasteiger partial charge in [-0.05, 0) is 17.7 Å². The number of amidine groups is 1. The number of benzene rings is 1. The van der Waals surface area contributed by atoms with E-state index in [2.05, 4.69) is 5.16 Å². The van der Waals surface area contributed by atoms with Gasteiger partial charge in [0.2, 0.25) is 0 Å². The molecule has 0 aromatic heterocycles. The summed E-state index contributed by atoms with van der Waals surface area (Å²) in [6.07, 6.45) is -4.65. The molecule has 0 saturated heterocycles. The number of hydrogen-bond acceptors (Lipinski definition) is 4. The van der Waals surface area contributed by atoms with Gasteiger partial charge in [-0.3, -0.25) is 0 Å². The first-order valence-corrected chi connectivity index (χ1v) is 5.63. The highest BCUT2D eigenvalue weighted by molar-refractivity contribution is 5.83. The van der Waals surface area contributed by atoms with Gasteiger partial charge in [0.15, 0.2) is 5.84 Å². The van der Waals surface area contributed by atoms with Crippen LogP contribution in [0.25, 0.3) is 0 Å². The first kappa shape index (κ1) is 16.1. The lowest BCUT2D eigenvalue weighted by Crippen LogP contribution is -2.40. The van der Waals surface area contributed by atoms with Crippen LogP contribution in [-0.2, 0) is 11.3 Å². The molecule has 0 bridgehead atoms. The van der Waals surface area contributed by atoms with E-state index >= 15 is 0 Å². The van der Waals surface area contributed by atoms with Gasteiger partial charge in [-0.1, -0.05) is 17.3 Å². The number of nitrogens with zero attached hydrogens (tertiary/aromatic N) is 1. The zero-order valence-electron chi connectivity index (χ0n) is 10.7. The van der Waals surface area contributed by atoms with E-state index in [0.717, 1.165) is 5.56 Å². The lowest BCUT2D eigenvalue weighted by molar-refractivity contribution is -0.162. The largest absolute Gasteiger partial charge is 0.492 e. The molecule has 8 heteroatoms. The topological polar surface area (TPSA) is 77.1 Å². The van der Waals surface area contributed by atoms with Crippen LogP contribution in [0.3, 0.4) is 0 Å². The molecule has 0 amide bonds. The summed E-state index contributed by atoms with van der Waals surface area (Å²) in [7, 11) is 1.51. The Balaban J connectivity index is 2.75. The molecule has 0 aliphatic heterocycles. The number of hydrogen-bond donors (Lipinski definition) is 2. The van der Waals surface area contributed by atoms with Crippen molar-refractivity contribution >= 4 is 5.84 Å². The minimum Gasteiger partial charge on any atom is -0.492 e. The molecular weight excluding hydrogens is 277 g/mol. The number of rotatable bonds is 6. The molecule has 0 aliphatic rings. The number of nitrogens with two attached hydrogens (primary N) is 1. The zero-order chi connectivity index (χ0) is 15.2. The molecule has 0 saturated carbocycles. The molecule has 0 aliphatic carbocycles. The van der Waals surface area contributed by atoms with Crippen LogP contribution in [0, 0.1) is 5.92 Å². The first-order valence-electron chi connectivity index (χ1n) is 5.63. The zero-order valence-corrected chi connectivity index (χ0v) is 10.7. The Hall–Kier alpha value is -1.96. The second-order valence-corrected chi connectivity index (χ2v) is 4.01. The predicted molar refractivity (Wildman–Crippen MR) is 65.6 cm³/mol. The summed E-state index contributed by atoms with van der Waals surface area (Å²) in [6, 6.07) is 6.46. The minimum atomic E-state index is -4.65. The van der Waals surface area contributed by atoms with Gasteiger partial charge in [0.25, 0.3) is 0 Å². The molecule has 3 N–H and O–H groups in total. The van der Waals surface area contributed by atoms with E-state index in [1.165, 1.54) is 13.2 Å². The summed E-state index contributed by atoms with van der Waals surface area (Å²) < 4.78 is 48.0. The fraction of sp³-hybridized carbons (Fsp3) is 0.417. The van der Waals surface area contributed by atoms with Crippen molar-refractivity contribution in [2.75, 3.05) is 13.7 Å². The Morgan fingerprint density at radius 1 is 1.45 bits per heavy atom. The standard InChI is InChI=1S/C12H15F3N2O3/c1-19-6-8-3-2-4-9(5-8)20-7-10(11(16)17-18)12(13,14)15/h2-5,10,18H,6-7H2,1H3,(H2,16,17). The smallest absolute Gasteiger partial charge is 0.402 e. The highest BCUT2D eigenvalue weighted by atomic mass is 19.4. The Morgan fingerprint density at radius 2 is 2.15 bits per heavy atom. The molecule has 0 heterocycles. The molecule has 1 aromatic rings. The van der Waals surface area contributed by atoms with E-state index in [-0.39, 0.29) is 5.75 Å². The second kappa shape index (κ2) is 6.99. The number of oxime groups is 1. The van der Waals surface area contributed by atoms with Gasteiger partial charge in [0.05, 0.1) is 6.61 Å². The summed E-state index contributed by atoms with van der Waals surface area (Å²) in [6.45, 7) is -0.448. The lowest BCUT2D eigenvalue weighted by Gasteiger charge is -2.19. The van der Waals surface area contributed by atoms with E-state index in [9.17, 15) is 13.2 Å². The molecule has 1 rings (SSSR count). The van der Waals surface area contributed by atoms with Crippen molar-refractivity contribution in [2.45, 2.75) is 12.8 Å². The van der Waals surface area contributed by atoms with Crippen LogP contribution < -0.4 is 10.5 Å². The van der Waals surface area contributed by atoms with E-state index in [1.54, 1.807) is 18.2 Å². The predicted octanol–water partition coefficient (Wildman–Crippen LogP) is 2.14. The molecule has 20 heavy (non-hydrogen) atoms. The molecule has 112 valence electrons. The summed E-state index contributed by atoms with van der Waals surface area (Å²) in [5.41, 5.74) is 5.79. The average molecular weight is 292 g/mol. The second-order valence-electron chi connectivity index (χ2n) is 4.01. The maximum atomic E-state index is 12.7. The van der Waals surface area contributed by atoms with Crippen molar-refractivity contribution in [1.82, 2.24) is 0 Å². The SMILES string of the molecule is COCc1cccc(OCC(/C(N)=N/O)C(F)(F)F)c1. The quantitative estimate of drug-likeness (QED) is 0.364. The number of alkyl halides is 3. The molecule has 1 aromatic carbocycles. The maximum absolute atomic E-state index is 12.7. The van der Waals surface area contributed by atoms with Gasteiger partial charge in [-0.2, -0.15) is 13.2 Å². The lowest BCUT2D eigenvalue weighted by atomic mass is 10.1. The normalized spacial score (nSPS) is 14.1. The number of methoxy groups -OCH3 is 1. The van der Waals surface area contributed by atoms with E-state index in [1.807, 2.05) is 0 Å². The van der Waals surface area contributed by atoms with Gasteiger partial charge in [-0.15, -0.1) is 0 Å². The Kier molecular flexibility index (Phi) is 5.63. The van der Waals surface area contributed by atoms with E-state index < -0.39 is 24.5 Å². The molecule has 5 nitrogen and oxygen atoms in total. The van der Waals surface area contributed by atoms with Crippen LogP contribution in [0.2, 0.25) is 0 Å². The third-order valence-electron chi connectivity index (χ3n) is 2.49. The van der Waals surface area contributed by atoms with Crippen LogP contribution in [0.15, 0.2) is 29.4 Å². The van der Waals surface area contributed by atoms with Crippen LogP contribution >= 0.6 is 0 Å². The Morgan fingerprint density at radius 3 is 2.70 bits per heavy atom. The number of halogens is 3. The van der Waals surface area contributed by atoms with Crippen molar-refractivity contribution in [3.05, 3.63) is 29.8 Å². The summed E-state index contributed by atoms with van der Waals surface area (Å²) >= 11 is 0. The third-order valence-corrected chi connectivity index (χ3v) is 2.49. The molecule has 0 radical (unpaired) electrons. The summed E-state index contributed by atoms with van der Waals surface area (Å²) in [4.78, 5) is 0.